The van der Waals surface area contributed by atoms with Crippen molar-refractivity contribution in [2.45, 2.75) is 13.8 Å². The van der Waals surface area contributed by atoms with Crippen LogP contribution in [0.1, 0.15) is 22.8 Å². The number of Topliss-reactive ketones (excluding diaryl/α,β-unsaturated/α-hetero) is 1. The maximum atomic E-state index is 13.8. The molecule has 0 fully saturated rings. The molecule has 82 valence electrons. The Bertz CT molecular complexity index is 546. The van der Waals surface area contributed by atoms with E-state index >= 15 is 0 Å². The fraction of sp³-hybridized carbons (Fsp3) is 0.167. The van der Waals surface area contributed by atoms with Crippen LogP contribution in [0.25, 0.3) is 5.69 Å². The molecule has 0 radical (unpaired) electrons. The van der Waals surface area contributed by atoms with Crippen molar-refractivity contribution in [2.75, 3.05) is 0 Å². The number of nitrogens with zero attached hydrogens (tertiary/aromatic N) is 2. The summed E-state index contributed by atoms with van der Waals surface area (Å²) in [5.41, 5.74) is 1.64. The van der Waals surface area contributed by atoms with Crippen LogP contribution in [0.2, 0.25) is 0 Å². The van der Waals surface area contributed by atoms with Crippen molar-refractivity contribution in [3.8, 4) is 5.69 Å². The average molecular weight is 218 g/mol. The standard InChI is InChI=1S/C12H11FN2O/c1-8-4-3-5-10(6-8)15-12(13)11(7-14-15)9(2)16/h3-7H,1-2H3. The topological polar surface area (TPSA) is 34.9 Å². The third-order valence-corrected chi connectivity index (χ3v) is 2.34. The molecule has 0 N–H and O–H groups in total. The molecule has 0 aliphatic rings. The van der Waals surface area contributed by atoms with Crippen molar-refractivity contribution in [1.82, 2.24) is 9.78 Å². The van der Waals surface area contributed by atoms with Crippen LogP contribution >= 0.6 is 0 Å². The van der Waals surface area contributed by atoms with E-state index in [1.807, 2.05) is 19.1 Å². The zero-order chi connectivity index (χ0) is 11.7. The number of aryl methyl sites for hydroxylation is 1. The summed E-state index contributed by atoms with van der Waals surface area (Å²) in [7, 11) is 0. The molecule has 2 rings (SSSR count). The normalized spacial score (nSPS) is 10.4. The van der Waals surface area contributed by atoms with Crippen molar-refractivity contribution in [1.29, 1.82) is 0 Å². The van der Waals surface area contributed by atoms with Crippen LogP contribution in [0, 0.1) is 12.9 Å². The summed E-state index contributed by atoms with van der Waals surface area (Å²) in [6.45, 7) is 3.23. The Morgan fingerprint density at radius 2 is 2.19 bits per heavy atom. The molecule has 0 unspecified atom stereocenters. The summed E-state index contributed by atoms with van der Waals surface area (Å²) >= 11 is 0. The van der Waals surface area contributed by atoms with Crippen molar-refractivity contribution in [2.24, 2.45) is 0 Å². The highest BCUT2D eigenvalue weighted by Crippen LogP contribution is 2.14. The van der Waals surface area contributed by atoms with Gasteiger partial charge in [-0.1, -0.05) is 12.1 Å². The molecular weight excluding hydrogens is 207 g/mol. The highest BCUT2D eigenvalue weighted by molar-refractivity contribution is 5.93. The molecule has 0 saturated heterocycles. The van der Waals surface area contributed by atoms with Gasteiger partial charge < -0.3 is 0 Å². The first kappa shape index (κ1) is 10.5. The largest absolute Gasteiger partial charge is 0.294 e. The van der Waals surface area contributed by atoms with E-state index in [9.17, 15) is 9.18 Å². The Kier molecular flexibility index (Phi) is 2.56. The number of rotatable bonds is 2. The predicted octanol–water partition coefficient (Wildman–Crippen LogP) is 2.52. The molecule has 4 heteroatoms. The second kappa shape index (κ2) is 3.89. The summed E-state index contributed by atoms with van der Waals surface area (Å²) in [6, 6.07) is 7.28. The maximum absolute atomic E-state index is 13.8. The van der Waals surface area contributed by atoms with Gasteiger partial charge in [0, 0.05) is 0 Å². The second-order valence-corrected chi connectivity index (χ2v) is 3.66. The zero-order valence-electron chi connectivity index (χ0n) is 9.07. The molecule has 1 aromatic carbocycles. The number of halogens is 1. The molecule has 1 aromatic heterocycles. The van der Waals surface area contributed by atoms with Gasteiger partial charge in [0.25, 0.3) is 0 Å². The van der Waals surface area contributed by atoms with Crippen LogP contribution in [0.4, 0.5) is 4.39 Å². The molecule has 0 aliphatic heterocycles. The smallest absolute Gasteiger partial charge is 0.227 e. The van der Waals surface area contributed by atoms with E-state index in [1.54, 1.807) is 12.1 Å². The van der Waals surface area contributed by atoms with Gasteiger partial charge in [0.05, 0.1) is 17.4 Å². The highest BCUT2D eigenvalue weighted by atomic mass is 19.1. The molecule has 3 nitrogen and oxygen atoms in total. The summed E-state index contributed by atoms with van der Waals surface area (Å²) in [5, 5.41) is 3.87. The van der Waals surface area contributed by atoms with Crippen molar-refractivity contribution in [3.05, 3.63) is 47.5 Å². The number of benzene rings is 1. The summed E-state index contributed by atoms with van der Waals surface area (Å²) in [4.78, 5) is 11.1. The van der Waals surface area contributed by atoms with E-state index in [1.165, 1.54) is 13.1 Å². The third-order valence-electron chi connectivity index (χ3n) is 2.34. The van der Waals surface area contributed by atoms with Gasteiger partial charge in [-0.25, -0.2) is 4.68 Å². The van der Waals surface area contributed by atoms with Crippen molar-refractivity contribution in [3.63, 3.8) is 0 Å². The molecule has 0 aliphatic carbocycles. The first-order valence-electron chi connectivity index (χ1n) is 4.91. The lowest BCUT2D eigenvalue weighted by Gasteiger charge is -2.02. The Labute approximate surface area is 92.5 Å². The third kappa shape index (κ3) is 1.74. The molecule has 1 heterocycles. The highest BCUT2D eigenvalue weighted by Gasteiger charge is 2.14. The van der Waals surface area contributed by atoms with Crippen LogP contribution in [0.5, 0.6) is 0 Å². The van der Waals surface area contributed by atoms with Gasteiger partial charge in [0.2, 0.25) is 5.95 Å². The molecular formula is C12H11FN2O. The summed E-state index contributed by atoms with van der Waals surface area (Å²) in [6.07, 6.45) is 1.25. The van der Waals surface area contributed by atoms with Gasteiger partial charge in [-0.3, -0.25) is 4.79 Å². The van der Waals surface area contributed by atoms with Crippen LogP contribution in [0.3, 0.4) is 0 Å². The Balaban J connectivity index is 2.53. The lowest BCUT2D eigenvalue weighted by Crippen LogP contribution is -2.02. The van der Waals surface area contributed by atoms with Crippen LogP contribution < -0.4 is 0 Å². The Hall–Kier alpha value is -1.97. The fourth-order valence-electron chi connectivity index (χ4n) is 1.51. The molecule has 0 bridgehead atoms. The van der Waals surface area contributed by atoms with Gasteiger partial charge in [0.1, 0.15) is 0 Å². The van der Waals surface area contributed by atoms with E-state index in [0.717, 1.165) is 10.2 Å². The fourth-order valence-corrected chi connectivity index (χ4v) is 1.51. The molecule has 0 saturated carbocycles. The number of carbonyl (C=O) groups excluding carboxylic acids is 1. The van der Waals surface area contributed by atoms with Gasteiger partial charge in [-0.15, -0.1) is 0 Å². The lowest BCUT2D eigenvalue weighted by molar-refractivity contribution is 0.101. The van der Waals surface area contributed by atoms with E-state index < -0.39 is 5.95 Å². The number of hydrogen-bond donors (Lipinski definition) is 0. The van der Waals surface area contributed by atoms with Gasteiger partial charge in [-0.2, -0.15) is 9.49 Å². The summed E-state index contributed by atoms with van der Waals surface area (Å²) < 4.78 is 14.9. The van der Waals surface area contributed by atoms with Crippen LogP contribution in [0.15, 0.2) is 30.5 Å². The van der Waals surface area contributed by atoms with E-state index in [2.05, 4.69) is 5.10 Å². The molecule has 2 aromatic rings. The van der Waals surface area contributed by atoms with Gasteiger partial charge in [-0.05, 0) is 31.5 Å². The van der Waals surface area contributed by atoms with Crippen molar-refractivity contribution >= 4 is 5.78 Å². The molecule has 0 atom stereocenters. The molecule has 16 heavy (non-hydrogen) atoms. The van der Waals surface area contributed by atoms with Gasteiger partial charge in [0.15, 0.2) is 5.78 Å². The van der Waals surface area contributed by atoms with E-state index in [4.69, 9.17) is 0 Å². The van der Waals surface area contributed by atoms with E-state index in [-0.39, 0.29) is 11.3 Å². The second-order valence-electron chi connectivity index (χ2n) is 3.66. The minimum absolute atomic E-state index is 0.0153. The first-order chi connectivity index (χ1) is 7.59. The Morgan fingerprint density at radius 1 is 1.44 bits per heavy atom. The lowest BCUT2D eigenvalue weighted by atomic mass is 10.2. The van der Waals surface area contributed by atoms with Crippen molar-refractivity contribution < 1.29 is 9.18 Å². The quantitative estimate of drug-likeness (QED) is 0.726. The SMILES string of the molecule is CC(=O)c1cnn(-c2cccc(C)c2)c1F. The molecule has 0 amide bonds. The maximum Gasteiger partial charge on any atom is 0.227 e. The minimum atomic E-state index is -0.613. The number of carbonyl (C=O) groups is 1. The minimum Gasteiger partial charge on any atom is -0.294 e. The summed E-state index contributed by atoms with van der Waals surface area (Å²) in [5.74, 6) is -0.936. The average Bonchev–Trinajstić information content (AvgIpc) is 2.60. The van der Waals surface area contributed by atoms with Gasteiger partial charge >= 0.3 is 0 Å². The number of aromatic nitrogens is 2. The van der Waals surface area contributed by atoms with Crippen LogP contribution in [-0.2, 0) is 0 Å². The van der Waals surface area contributed by atoms with E-state index in [0.29, 0.717) is 5.69 Å². The number of ketones is 1. The zero-order valence-corrected chi connectivity index (χ0v) is 9.07. The molecule has 0 spiro atoms. The predicted molar refractivity (Wildman–Crippen MR) is 58.3 cm³/mol. The number of hydrogen-bond acceptors (Lipinski definition) is 2. The monoisotopic (exact) mass is 218 g/mol. The van der Waals surface area contributed by atoms with Crippen LogP contribution in [-0.4, -0.2) is 15.6 Å². The Morgan fingerprint density at radius 3 is 2.75 bits per heavy atom. The first-order valence-corrected chi connectivity index (χ1v) is 4.91.